The zero-order valence-electron chi connectivity index (χ0n) is 7.87. The summed E-state index contributed by atoms with van der Waals surface area (Å²) in [6.45, 7) is 3.21. The normalized spacial score (nSPS) is 9.67. The predicted octanol–water partition coefficient (Wildman–Crippen LogP) is 2.04. The van der Waals surface area contributed by atoms with Crippen LogP contribution in [0.2, 0.25) is 0 Å². The van der Waals surface area contributed by atoms with Crippen LogP contribution in [0.4, 0.5) is 4.39 Å². The van der Waals surface area contributed by atoms with Crippen molar-refractivity contribution < 1.29 is 19.1 Å². The molecule has 0 atom stereocenters. The van der Waals surface area contributed by atoms with Crippen molar-refractivity contribution in [3.05, 3.63) is 47.8 Å². The summed E-state index contributed by atoms with van der Waals surface area (Å²) in [7, 11) is 0. The predicted molar refractivity (Wildman–Crippen MR) is 52.1 cm³/mol. The first-order chi connectivity index (χ1) is 7.02. The molecule has 0 radical (unpaired) electrons. The van der Waals surface area contributed by atoms with E-state index in [1.54, 1.807) is 0 Å². The number of hydrogen-bond donors (Lipinski definition) is 1. The molecule has 0 bridgehead atoms. The number of carbonyl (C=O) groups is 2. The Kier molecular flexibility index (Phi) is 3.33. The van der Waals surface area contributed by atoms with E-state index in [0.29, 0.717) is 0 Å². The van der Waals surface area contributed by atoms with Crippen LogP contribution < -0.4 is 0 Å². The molecule has 1 rings (SSSR count). The summed E-state index contributed by atoms with van der Waals surface area (Å²) in [6.07, 6.45) is -0.379. The van der Waals surface area contributed by atoms with Gasteiger partial charge >= 0.3 is 5.97 Å². The van der Waals surface area contributed by atoms with Crippen molar-refractivity contribution in [2.75, 3.05) is 0 Å². The van der Waals surface area contributed by atoms with Gasteiger partial charge in [0.05, 0.1) is 5.56 Å². The minimum Gasteiger partial charge on any atom is -0.478 e. The average Bonchev–Trinajstić information content (AvgIpc) is 2.18. The minimum absolute atomic E-state index is 0.111. The summed E-state index contributed by atoms with van der Waals surface area (Å²) in [5.74, 6) is -2.49. The molecule has 1 aromatic rings. The van der Waals surface area contributed by atoms with E-state index in [-0.39, 0.29) is 17.6 Å². The molecule has 0 amide bonds. The van der Waals surface area contributed by atoms with Crippen LogP contribution in [0.5, 0.6) is 0 Å². The summed E-state index contributed by atoms with van der Waals surface area (Å²) >= 11 is 0. The SMILES string of the molecule is C=C(CC(=O)c1ccccc1F)C(=O)O. The summed E-state index contributed by atoms with van der Waals surface area (Å²) < 4.78 is 13.1. The van der Waals surface area contributed by atoms with Crippen molar-refractivity contribution >= 4 is 11.8 Å². The molecule has 0 aliphatic rings. The second-order valence-electron chi connectivity index (χ2n) is 2.99. The maximum atomic E-state index is 13.1. The molecule has 0 unspecified atom stereocenters. The van der Waals surface area contributed by atoms with Gasteiger partial charge in [0.1, 0.15) is 5.82 Å². The van der Waals surface area contributed by atoms with Gasteiger partial charge in [-0.2, -0.15) is 0 Å². The number of rotatable bonds is 4. The highest BCUT2D eigenvalue weighted by atomic mass is 19.1. The second kappa shape index (κ2) is 4.50. The smallest absolute Gasteiger partial charge is 0.331 e. The number of Topliss-reactive ketones (excluding diaryl/α,β-unsaturated/α-hetero) is 1. The molecule has 0 aromatic heterocycles. The van der Waals surface area contributed by atoms with E-state index >= 15 is 0 Å². The number of aliphatic carboxylic acids is 1. The quantitative estimate of drug-likeness (QED) is 0.608. The van der Waals surface area contributed by atoms with E-state index in [9.17, 15) is 14.0 Å². The van der Waals surface area contributed by atoms with E-state index in [4.69, 9.17) is 5.11 Å². The highest BCUT2D eigenvalue weighted by Gasteiger charge is 2.14. The molecule has 4 heteroatoms. The number of benzene rings is 1. The van der Waals surface area contributed by atoms with Gasteiger partial charge in [0, 0.05) is 12.0 Å². The van der Waals surface area contributed by atoms with Crippen molar-refractivity contribution in [3.8, 4) is 0 Å². The lowest BCUT2D eigenvalue weighted by Crippen LogP contribution is -2.08. The standard InChI is InChI=1S/C11H9FO3/c1-7(11(14)15)6-10(13)8-4-2-3-5-9(8)12/h2-5H,1,6H2,(H,14,15). The number of hydrogen-bond acceptors (Lipinski definition) is 2. The van der Waals surface area contributed by atoms with Crippen molar-refractivity contribution in [1.82, 2.24) is 0 Å². The van der Waals surface area contributed by atoms with E-state index in [1.807, 2.05) is 0 Å². The molecule has 0 fully saturated rings. The van der Waals surface area contributed by atoms with Gasteiger partial charge in [0.15, 0.2) is 5.78 Å². The molecule has 0 aliphatic carbocycles. The van der Waals surface area contributed by atoms with Gasteiger partial charge in [-0.25, -0.2) is 9.18 Å². The largest absolute Gasteiger partial charge is 0.478 e. The van der Waals surface area contributed by atoms with Gasteiger partial charge in [-0.3, -0.25) is 4.79 Å². The Morgan fingerprint density at radius 3 is 2.47 bits per heavy atom. The van der Waals surface area contributed by atoms with Gasteiger partial charge in [-0.15, -0.1) is 0 Å². The molecule has 15 heavy (non-hydrogen) atoms. The Morgan fingerprint density at radius 2 is 1.93 bits per heavy atom. The third-order valence-electron chi connectivity index (χ3n) is 1.85. The molecule has 0 aliphatic heterocycles. The van der Waals surface area contributed by atoms with Crippen LogP contribution in [0.1, 0.15) is 16.8 Å². The summed E-state index contributed by atoms with van der Waals surface area (Å²) in [6, 6.07) is 5.43. The van der Waals surface area contributed by atoms with E-state index in [1.165, 1.54) is 18.2 Å². The van der Waals surface area contributed by atoms with Crippen LogP contribution in [0, 0.1) is 5.82 Å². The molecule has 0 heterocycles. The fourth-order valence-corrected chi connectivity index (χ4v) is 1.05. The molecule has 0 saturated heterocycles. The van der Waals surface area contributed by atoms with E-state index < -0.39 is 17.6 Å². The zero-order valence-corrected chi connectivity index (χ0v) is 7.87. The van der Waals surface area contributed by atoms with E-state index in [2.05, 4.69) is 6.58 Å². The fourth-order valence-electron chi connectivity index (χ4n) is 1.05. The van der Waals surface area contributed by atoms with Crippen molar-refractivity contribution in [2.45, 2.75) is 6.42 Å². The number of ketones is 1. The molecular weight excluding hydrogens is 199 g/mol. The highest BCUT2D eigenvalue weighted by Crippen LogP contribution is 2.12. The molecule has 1 N–H and O–H groups in total. The van der Waals surface area contributed by atoms with E-state index in [0.717, 1.165) is 6.07 Å². The Bertz CT molecular complexity index is 424. The monoisotopic (exact) mass is 208 g/mol. The van der Waals surface area contributed by atoms with Gasteiger partial charge in [-0.05, 0) is 12.1 Å². The van der Waals surface area contributed by atoms with Gasteiger partial charge in [-0.1, -0.05) is 18.7 Å². The fraction of sp³-hybridized carbons (Fsp3) is 0.0909. The number of carbonyl (C=O) groups excluding carboxylic acids is 1. The summed E-state index contributed by atoms with van der Waals surface area (Å²) in [5, 5.41) is 8.50. The van der Waals surface area contributed by atoms with Crippen LogP contribution in [0.3, 0.4) is 0 Å². The number of halogens is 1. The third-order valence-corrected chi connectivity index (χ3v) is 1.85. The topological polar surface area (TPSA) is 54.4 Å². The van der Waals surface area contributed by atoms with Crippen molar-refractivity contribution in [3.63, 3.8) is 0 Å². The maximum absolute atomic E-state index is 13.1. The summed E-state index contributed by atoms with van der Waals surface area (Å²) in [4.78, 5) is 21.8. The lowest BCUT2D eigenvalue weighted by molar-refractivity contribution is -0.132. The Morgan fingerprint density at radius 1 is 1.33 bits per heavy atom. The molecule has 0 saturated carbocycles. The number of carboxylic acid groups (broad SMARTS) is 1. The lowest BCUT2D eigenvalue weighted by atomic mass is 10.0. The second-order valence-corrected chi connectivity index (χ2v) is 2.99. The molecule has 1 aromatic carbocycles. The minimum atomic E-state index is -1.25. The van der Waals surface area contributed by atoms with Crippen LogP contribution in [0.25, 0.3) is 0 Å². The van der Waals surface area contributed by atoms with Crippen LogP contribution in [-0.4, -0.2) is 16.9 Å². The third kappa shape index (κ3) is 2.74. The van der Waals surface area contributed by atoms with Crippen molar-refractivity contribution in [1.29, 1.82) is 0 Å². The maximum Gasteiger partial charge on any atom is 0.331 e. The average molecular weight is 208 g/mol. The molecule has 78 valence electrons. The number of carboxylic acids is 1. The highest BCUT2D eigenvalue weighted by molar-refractivity contribution is 6.02. The van der Waals surface area contributed by atoms with Crippen LogP contribution in [0.15, 0.2) is 36.4 Å². The Balaban J connectivity index is 2.83. The summed E-state index contributed by atoms with van der Waals surface area (Å²) in [5.41, 5.74) is -0.358. The van der Waals surface area contributed by atoms with Crippen LogP contribution in [-0.2, 0) is 4.79 Å². The van der Waals surface area contributed by atoms with Crippen molar-refractivity contribution in [2.24, 2.45) is 0 Å². The Labute approximate surface area is 85.8 Å². The first-order valence-electron chi connectivity index (χ1n) is 4.21. The lowest BCUT2D eigenvalue weighted by Gasteiger charge is -2.01. The van der Waals surface area contributed by atoms with Gasteiger partial charge in [0.2, 0.25) is 0 Å². The first kappa shape index (κ1) is 11.1. The molecule has 0 spiro atoms. The van der Waals surface area contributed by atoms with Crippen LogP contribution >= 0.6 is 0 Å². The Hall–Kier alpha value is -1.97. The first-order valence-corrected chi connectivity index (χ1v) is 4.21. The molecule has 3 nitrogen and oxygen atoms in total. The van der Waals surface area contributed by atoms with Gasteiger partial charge in [0.25, 0.3) is 0 Å². The zero-order chi connectivity index (χ0) is 11.4. The van der Waals surface area contributed by atoms with Gasteiger partial charge < -0.3 is 5.11 Å². The molecular formula is C11H9FO3.